The fourth-order valence-corrected chi connectivity index (χ4v) is 2.73. The van der Waals surface area contributed by atoms with Gasteiger partial charge in [-0.05, 0) is 31.2 Å². The van der Waals surface area contributed by atoms with Crippen molar-refractivity contribution in [2.24, 2.45) is 5.10 Å². The number of nitrogens with zero attached hydrogens (tertiary/aromatic N) is 3. The Kier molecular flexibility index (Phi) is 5.81. The number of pyridine rings is 1. The summed E-state index contributed by atoms with van der Waals surface area (Å²) in [5.41, 5.74) is 3.03. The van der Waals surface area contributed by atoms with Crippen LogP contribution in [0.2, 0.25) is 5.15 Å². The largest absolute Gasteiger partial charge is 0.494 e. The third-order valence-electron chi connectivity index (χ3n) is 3.80. The van der Waals surface area contributed by atoms with Crippen LogP contribution < -0.4 is 10.2 Å². The van der Waals surface area contributed by atoms with Crippen molar-refractivity contribution in [1.82, 2.24) is 10.4 Å². The van der Waals surface area contributed by atoms with E-state index in [1.54, 1.807) is 12.1 Å². The second kappa shape index (κ2) is 8.45. The molecule has 0 spiro atoms. The van der Waals surface area contributed by atoms with Crippen LogP contribution in [0, 0.1) is 10.1 Å². The van der Waals surface area contributed by atoms with Crippen molar-refractivity contribution >= 4 is 40.3 Å². The van der Waals surface area contributed by atoms with Gasteiger partial charge in [-0.2, -0.15) is 5.10 Å². The van der Waals surface area contributed by atoms with E-state index < -0.39 is 10.8 Å². The monoisotopic (exact) mass is 398 g/mol. The van der Waals surface area contributed by atoms with Crippen LogP contribution in [0.4, 0.5) is 5.69 Å². The maximum Gasteiger partial charge on any atom is 0.282 e. The van der Waals surface area contributed by atoms with Crippen molar-refractivity contribution in [3.05, 3.63) is 74.9 Å². The molecule has 0 radical (unpaired) electrons. The van der Waals surface area contributed by atoms with Crippen molar-refractivity contribution in [2.45, 2.75) is 6.92 Å². The zero-order valence-corrected chi connectivity index (χ0v) is 15.5. The molecule has 9 heteroatoms. The maximum absolute atomic E-state index is 12.2. The van der Waals surface area contributed by atoms with E-state index in [1.165, 1.54) is 30.5 Å². The third-order valence-corrected chi connectivity index (χ3v) is 4.10. The van der Waals surface area contributed by atoms with E-state index in [-0.39, 0.29) is 16.4 Å². The summed E-state index contributed by atoms with van der Waals surface area (Å²) < 4.78 is 5.44. The molecule has 0 unspecified atom stereocenters. The van der Waals surface area contributed by atoms with Gasteiger partial charge in [0, 0.05) is 23.1 Å². The van der Waals surface area contributed by atoms with Crippen molar-refractivity contribution in [2.75, 3.05) is 6.61 Å². The number of benzene rings is 2. The number of hydrogen-bond acceptors (Lipinski definition) is 6. The Morgan fingerprint density at radius 3 is 2.86 bits per heavy atom. The summed E-state index contributed by atoms with van der Waals surface area (Å²) in [5, 5.41) is 15.9. The molecule has 0 fully saturated rings. The van der Waals surface area contributed by atoms with Crippen LogP contribution >= 0.6 is 11.6 Å². The minimum atomic E-state index is -0.699. The Morgan fingerprint density at radius 1 is 1.32 bits per heavy atom. The average Bonchev–Trinajstić information content (AvgIpc) is 2.68. The molecule has 0 aliphatic carbocycles. The lowest BCUT2D eigenvalue weighted by atomic mass is 10.1. The van der Waals surface area contributed by atoms with Gasteiger partial charge in [0.2, 0.25) is 0 Å². The van der Waals surface area contributed by atoms with Crippen molar-refractivity contribution < 1.29 is 14.5 Å². The molecule has 28 heavy (non-hydrogen) atoms. The molecule has 3 rings (SSSR count). The van der Waals surface area contributed by atoms with Crippen LogP contribution in [0.1, 0.15) is 22.8 Å². The smallest absolute Gasteiger partial charge is 0.282 e. The normalized spacial score (nSPS) is 10.9. The highest BCUT2D eigenvalue weighted by Gasteiger charge is 2.18. The summed E-state index contributed by atoms with van der Waals surface area (Å²) in [5.74, 6) is -0.00789. The minimum Gasteiger partial charge on any atom is -0.494 e. The molecule has 1 heterocycles. The van der Waals surface area contributed by atoms with E-state index in [1.807, 2.05) is 19.1 Å². The number of fused-ring (bicyclic) bond motifs is 1. The lowest BCUT2D eigenvalue weighted by Gasteiger charge is -2.06. The first kappa shape index (κ1) is 19.2. The molecule has 1 amide bonds. The number of carbonyl (C=O) groups is 1. The van der Waals surface area contributed by atoms with Crippen molar-refractivity contribution in [1.29, 1.82) is 0 Å². The molecular weight excluding hydrogens is 384 g/mol. The van der Waals surface area contributed by atoms with E-state index >= 15 is 0 Å². The SMILES string of the molecule is CCOc1ccc2cc(/C=N/NC(=O)c3ccccc3[N+](=O)[O-])c(Cl)nc2c1. The number of amides is 1. The number of rotatable bonds is 6. The Balaban J connectivity index is 1.80. The Bertz CT molecular complexity index is 1080. The van der Waals surface area contributed by atoms with E-state index in [4.69, 9.17) is 16.3 Å². The highest BCUT2D eigenvalue weighted by Crippen LogP contribution is 2.23. The van der Waals surface area contributed by atoms with E-state index in [0.717, 1.165) is 5.39 Å². The number of aromatic nitrogens is 1. The molecule has 0 atom stereocenters. The first-order valence-corrected chi connectivity index (χ1v) is 8.67. The summed E-state index contributed by atoms with van der Waals surface area (Å²) in [7, 11) is 0. The van der Waals surface area contributed by atoms with Gasteiger partial charge in [-0.3, -0.25) is 14.9 Å². The molecule has 0 aliphatic rings. The van der Waals surface area contributed by atoms with Gasteiger partial charge in [-0.15, -0.1) is 0 Å². The molecule has 142 valence electrons. The van der Waals surface area contributed by atoms with Crippen LogP contribution in [-0.4, -0.2) is 28.6 Å². The predicted molar refractivity (Wildman–Crippen MR) is 106 cm³/mol. The molecule has 0 aliphatic heterocycles. The number of carbonyl (C=O) groups excluding carboxylic acids is 1. The number of nitrogens with one attached hydrogen (secondary N) is 1. The number of para-hydroxylation sites is 1. The highest BCUT2D eigenvalue weighted by molar-refractivity contribution is 6.32. The lowest BCUT2D eigenvalue weighted by molar-refractivity contribution is -0.385. The maximum atomic E-state index is 12.2. The predicted octanol–water partition coefficient (Wildman–Crippen LogP) is 3.96. The molecule has 1 N–H and O–H groups in total. The number of nitro benzene ring substituents is 1. The molecule has 8 nitrogen and oxygen atoms in total. The number of hydrogen-bond donors (Lipinski definition) is 1. The van der Waals surface area contributed by atoms with Crippen molar-refractivity contribution in [3.63, 3.8) is 0 Å². The summed E-state index contributed by atoms with van der Waals surface area (Å²) in [6.07, 6.45) is 1.33. The molecular formula is C19H15ClN4O4. The topological polar surface area (TPSA) is 107 Å². The molecule has 0 saturated heterocycles. The van der Waals surface area contributed by atoms with Crippen molar-refractivity contribution in [3.8, 4) is 5.75 Å². The molecule has 2 aromatic carbocycles. The standard InChI is InChI=1S/C19H15ClN4O4/c1-2-28-14-8-7-12-9-13(18(20)22-16(12)10-14)11-21-23-19(25)15-5-3-4-6-17(15)24(26)27/h3-11H,2H2,1H3,(H,23,25)/b21-11+. The minimum absolute atomic E-state index is 0.0872. The number of hydrazone groups is 1. The van der Waals surface area contributed by atoms with Crippen LogP contribution in [0.3, 0.4) is 0 Å². The van der Waals surface area contributed by atoms with Crippen LogP contribution in [0.25, 0.3) is 10.9 Å². The molecule has 3 aromatic rings. The first-order chi connectivity index (χ1) is 13.5. The van der Waals surface area contributed by atoms with Crippen LogP contribution in [0.15, 0.2) is 53.6 Å². The molecule has 0 bridgehead atoms. The van der Waals surface area contributed by atoms with Gasteiger partial charge < -0.3 is 4.74 Å². The average molecular weight is 399 g/mol. The number of halogens is 1. The van der Waals surface area contributed by atoms with Crippen LogP contribution in [0.5, 0.6) is 5.75 Å². The molecule has 1 aromatic heterocycles. The van der Waals surface area contributed by atoms with Gasteiger partial charge in [0.25, 0.3) is 11.6 Å². The Morgan fingerprint density at radius 2 is 2.11 bits per heavy atom. The van der Waals surface area contributed by atoms with E-state index in [0.29, 0.717) is 23.4 Å². The summed E-state index contributed by atoms with van der Waals surface area (Å²) in [6.45, 7) is 2.44. The second-order valence-electron chi connectivity index (χ2n) is 5.63. The third kappa shape index (κ3) is 4.24. The fourth-order valence-electron chi connectivity index (χ4n) is 2.53. The summed E-state index contributed by atoms with van der Waals surface area (Å²) in [4.78, 5) is 26.9. The Hall–Kier alpha value is -3.52. The zero-order chi connectivity index (χ0) is 20.1. The Labute approximate surface area is 164 Å². The van der Waals surface area contributed by atoms with Gasteiger partial charge in [0.15, 0.2) is 0 Å². The number of nitro groups is 1. The molecule has 0 saturated carbocycles. The van der Waals surface area contributed by atoms with Gasteiger partial charge in [0.1, 0.15) is 16.5 Å². The van der Waals surface area contributed by atoms with Gasteiger partial charge in [0.05, 0.1) is 23.3 Å². The summed E-state index contributed by atoms with van der Waals surface area (Å²) in [6, 6.07) is 12.8. The lowest BCUT2D eigenvalue weighted by Crippen LogP contribution is -2.19. The number of ether oxygens (including phenoxy) is 1. The first-order valence-electron chi connectivity index (χ1n) is 8.29. The fraction of sp³-hybridized carbons (Fsp3) is 0.105. The van der Waals surface area contributed by atoms with E-state index in [2.05, 4.69) is 15.5 Å². The zero-order valence-electron chi connectivity index (χ0n) is 14.8. The van der Waals surface area contributed by atoms with Gasteiger partial charge >= 0.3 is 0 Å². The van der Waals surface area contributed by atoms with Crippen LogP contribution in [-0.2, 0) is 0 Å². The summed E-state index contributed by atoms with van der Waals surface area (Å²) >= 11 is 6.19. The van der Waals surface area contributed by atoms with Gasteiger partial charge in [-0.25, -0.2) is 10.4 Å². The highest BCUT2D eigenvalue weighted by atomic mass is 35.5. The van der Waals surface area contributed by atoms with Gasteiger partial charge in [-0.1, -0.05) is 23.7 Å². The van der Waals surface area contributed by atoms with E-state index in [9.17, 15) is 14.9 Å². The second-order valence-corrected chi connectivity index (χ2v) is 5.99. The quantitative estimate of drug-likeness (QED) is 0.292.